The summed E-state index contributed by atoms with van der Waals surface area (Å²) in [6, 6.07) is 3.16. The lowest BCUT2D eigenvalue weighted by Crippen LogP contribution is -2.34. The van der Waals surface area contributed by atoms with Crippen molar-refractivity contribution in [1.82, 2.24) is 14.6 Å². The molecule has 2 heterocycles. The highest BCUT2D eigenvalue weighted by Crippen LogP contribution is 2.06. The van der Waals surface area contributed by atoms with Gasteiger partial charge in [0, 0.05) is 0 Å². The Morgan fingerprint density at radius 1 is 1.38 bits per heavy atom. The summed E-state index contributed by atoms with van der Waals surface area (Å²) in [5.41, 5.74) is 6.36. The third kappa shape index (κ3) is 1.14. The average Bonchev–Trinajstić information content (AvgIpc) is 2.48. The van der Waals surface area contributed by atoms with Crippen molar-refractivity contribution in [2.45, 2.75) is 0 Å². The second-order valence-corrected chi connectivity index (χ2v) is 2.57. The molecule has 0 radical (unpaired) electrons. The third-order valence-electron chi connectivity index (χ3n) is 1.78. The highest BCUT2D eigenvalue weighted by atomic mass is 16.4. The molecule has 0 aliphatic rings. The van der Waals surface area contributed by atoms with E-state index in [1.807, 2.05) is 0 Å². The zero-order valence-electron chi connectivity index (χ0n) is 6.62. The van der Waals surface area contributed by atoms with Crippen molar-refractivity contribution in [3.05, 3.63) is 18.5 Å². The number of nitrogens with zero attached hydrogens (tertiary/aromatic N) is 3. The Morgan fingerprint density at radius 2 is 2.15 bits per heavy atom. The van der Waals surface area contributed by atoms with Crippen LogP contribution in [0.25, 0.3) is 5.52 Å². The Kier molecular flexibility index (Phi) is 1.68. The average molecular weight is 178 g/mol. The molecular formula is C6H7BN4O2. The van der Waals surface area contributed by atoms with Gasteiger partial charge in [-0.1, -0.05) is 0 Å². The predicted octanol–water partition coefficient (Wildman–Crippen LogP) is -2.01. The van der Waals surface area contributed by atoms with Gasteiger partial charge < -0.3 is 15.8 Å². The van der Waals surface area contributed by atoms with Gasteiger partial charge in [-0.3, -0.25) is 0 Å². The molecule has 0 unspecified atom stereocenters. The topological polar surface area (TPSA) is 96.7 Å². The molecule has 0 aliphatic carbocycles. The number of nitrogen functional groups attached to an aromatic ring is 1. The Morgan fingerprint density at radius 3 is 2.85 bits per heavy atom. The van der Waals surface area contributed by atoms with Crippen LogP contribution < -0.4 is 11.3 Å². The van der Waals surface area contributed by atoms with Gasteiger partial charge in [0.05, 0.1) is 5.59 Å². The molecule has 0 aromatic carbocycles. The summed E-state index contributed by atoms with van der Waals surface area (Å²) in [5, 5.41) is 21.7. The van der Waals surface area contributed by atoms with E-state index in [1.165, 1.54) is 16.9 Å². The Bertz CT molecular complexity index is 441. The normalized spacial score (nSPS) is 10.6. The quantitative estimate of drug-likeness (QED) is 0.438. The Labute approximate surface area is 73.8 Å². The molecule has 2 aromatic rings. The van der Waals surface area contributed by atoms with Crippen molar-refractivity contribution in [1.29, 1.82) is 0 Å². The van der Waals surface area contributed by atoms with Gasteiger partial charge in [-0.25, -0.2) is 9.50 Å². The summed E-state index contributed by atoms with van der Waals surface area (Å²) < 4.78 is 1.34. The molecule has 0 aliphatic heterocycles. The van der Waals surface area contributed by atoms with Crippen LogP contribution in [0.5, 0.6) is 0 Å². The van der Waals surface area contributed by atoms with Crippen molar-refractivity contribution >= 4 is 24.0 Å². The highest BCUT2D eigenvalue weighted by Gasteiger charge is 2.17. The maximum Gasteiger partial charge on any atom is 0.508 e. The number of hydrogen-bond donors (Lipinski definition) is 3. The first-order valence-electron chi connectivity index (χ1n) is 3.64. The summed E-state index contributed by atoms with van der Waals surface area (Å²) in [6.07, 6.45) is 1.26. The maximum atomic E-state index is 8.94. The summed E-state index contributed by atoms with van der Waals surface area (Å²) in [7, 11) is -1.56. The third-order valence-corrected chi connectivity index (χ3v) is 1.78. The molecule has 0 fully saturated rings. The summed E-state index contributed by atoms with van der Waals surface area (Å²) in [4.78, 5) is 3.76. The Hall–Kier alpha value is -1.60. The fraction of sp³-hybridized carbons (Fsp3) is 0. The van der Waals surface area contributed by atoms with Gasteiger partial charge in [-0.2, -0.15) is 5.10 Å². The fourth-order valence-electron chi connectivity index (χ4n) is 1.17. The van der Waals surface area contributed by atoms with Gasteiger partial charge >= 0.3 is 7.12 Å². The van der Waals surface area contributed by atoms with Crippen LogP contribution in [0.2, 0.25) is 0 Å². The van der Waals surface area contributed by atoms with Crippen molar-refractivity contribution in [2.75, 3.05) is 5.73 Å². The number of anilines is 1. The molecule has 2 aromatic heterocycles. The van der Waals surface area contributed by atoms with Crippen LogP contribution in [0.4, 0.5) is 5.82 Å². The molecule has 7 heteroatoms. The van der Waals surface area contributed by atoms with Crippen LogP contribution in [-0.2, 0) is 0 Å². The zero-order chi connectivity index (χ0) is 9.42. The van der Waals surface area contributed by atoms with E-state index in [2.05, 4.69) is 10.1 Å². The standard InChI is InChI=1S/C6H7BN4O2/c8-6-4-1-2-5(7(12)13)11(4)10-3-9-6/h1-3,12-13H,(H2,8,9,10). The van der Waals surface area contributed by atoms with Crippen molar-refractivity contribution in [2.24, 2.45) is 0 Å². The molecule has 66 valence electrons. The number of aromatic nitrogens is 3. The minimum atomic E-state index is -1.56. The van der Waals surface area contributed by atoms with Gasteiger partial charge in [0.25, 0.3) is 0 Å². The van der Waals surface area contributed by atoms with Crippen molar-refractivity contribution in [3.8, 4) is 0 Å². The first-order valence-corrected chi connectivity index (χ1v) is 3.64. The maximum absolute atomic E-state index is 8.94. The van der Waals surface area contributed by atoms with E-state index < -0.39 is 7.12 Å². The van der Waals surface area contributed by atoms with E-state index in [0.717, 1.165) is 0 Å². The van der Waals surface area contributed by atoms with Gasteiger partial charge in [0.1, 0.15) is 11.8 Å². The van der Waals surface area contributed by atoms with E-state index in [9.17, 15) is 0 Å². The molecule has 0 spiro atoms. The molecule has 13 heavy (non-hydrogen) atoms. The van der Waals surface area contributed by atoms with E-state index in [-0.39, 0.29) is 5.59 Å². The van der Waals surface area contributed by atoms with Gasteiger partial charge in [0.2, 0.25) is 0 Å². The fourth-order valence-corrected chi connectivity index (χ4v) is 1.17. The van der Waals surface area contributed by atoms with Crippen LogP contribution in [-0.4, -0.2) is 31.8 Å². The Balaban J connectivity index is 2.75. The van der Waals surface area contributed by atoms with E-state index in [0.29, 0.717) is 11.3 Å². The number of rotatable bonds is 1. The lowest BCUT2D eigenvalue weighted by Gasteiger charge is -2.00. The summed E-state index contributed by atoms with van der Waals surface area (Å²) >= 11 is 0. The second-order valence-electron chi connectivity index (χ2n) is 2.57. The molecule has 6 nitrogen and oxygen atoms in total. The largest absolute Gasteiger partial charge is 0.508 e. The van der Waals surface area contributed by atoms with Crippen LogP contribution in [0.3, 0.4) is 0 Å². The van der Waals surface area contributed by atoms with Crippen LogP contribution in [0, 0.1) is 0 Å². The summed E-state index contributed by atoms with van der Waals surface area (Å²) in [6.45, 7) is 0. The van der Waals surface area contributed by atoms with Crippen LogP contribution in [0.15, 0.2) is 18.5 Å². The molecule has 0 amide bonds. The lowest BCUT2D eigenvalue weighted by molar-refractivity contribution is 0.423. The van der Waals surface area contributed by atoms with E-state index in [1.54, 1.807) is 6.07 Å². The highest BCUT2D eigenvalue weighted by molar-refractivity contribution is 6.57. The number of nitrogens with two attached hydrogens (primary N) is 1. The molecule has 0 saturated carbocycles. The number of hydrogen-bond acceptors (Lipinski definition) is 5. The van der Waals surface area contributed by atoms with Crippen molar-refractivity contribution < 1.29 is 10.0 Å². The molecule has 0 atom stereocenters. The van der Waals surface area contributed by atoms with Crippen LogP contribution >= 0.6 is 0 Å². The second kappa shape index (κ2) is 2.72. The molecule has 0 saturated heterocycles. The van der Waals surface area contributed by atoms with E-state index in [4.69, 9.17) is 15.8 Å². The number of fused-ring (bicyclic) bond motifs is 1. The first kappa shape index (κ1) is 8.02. The smallest absolute Gasteiger partial charge is 0.422 e. The van der Waals surface area contributed by atoms with Crippen LogP contribution in [0.1, 0.15) is 0 Å². The van der Waals surface area contributed by atoms with Gasteiger partial charge in [-0.05, 0) is 12.1 Å². The molecule has 0 bridgehead atoms. The monoisotopic (exact) mass is 178 g/mol. The molecule has 2 rings (SSSR count). The molecule has 4 N–H and O–H groups in total. The minimum Gasteiger partial charge on any atom is -0.422 e. The first-order chi connectivity index (χ1) is 6.20. The lowest BCUT2D eigenvalue weighted by atomic mass is 9.87. The minimum absolute atomic E-state index is 0.268. The zero-order valence-corrected chi connectivity index (χ0v) is 6.62. The van der Waals surface area contributed by atoms with E-state index >= 15 is 0 Å². The molecular weight excluding hydrogens is 171 g/mol. The predicted molar refractivity (Wildman–Crippen MR) is 47.2 cm³/mol. The SMILES string of the molecule is Nc1ncnn2c(B(O)O)ccc12. The summed E-state index contributed by atoms with van der Waals surface area (Å²) in [5.74, 6) is 0.307. The van der Waals surface area contributed by atoms with Gasteiger partial charge in [-0.15, -0.1) is 0 Å². The van der Waals surface area contributed by atoms with Crippen molar-refractivity contribution in [3.63, 3.8) is 0 Å². The van der Waals surface area contributed by atoms with Gasteiger partial charge in [0.15, 0.2) is 5.82 Å².